The van der Waals surface area contributed by atoms with Gasteiger partial charge < -0.3 is 15.2 Å². The number of hydrogen-bond acceptors (Lipinski definition) is 3. The highest BCUT2D eigenvalue weighted by atomic mass is 19.3. The zero-order chi connectivity index (χ0) is 24.7. The first-order valence-electron chi connectivity index (χ1n) is 12.2. The lowest BCUT2D eigenvalue weighted by molar-refractivity contribution is -0.135. The highest BCUT2D eigenvalue weighted by Gasteiger charge is 2.37. The maximum atomic E-state index is 15.5. The minimum Gasteiger partial charge on any atom is -0.486 e. The van der Waals surface area contributed by atoms with E-state index in [1.165, 1.54) is 12.1 Å². The second-order valence-corrected chi connectivity index (χ2v) is 8.98. The minimum atomic E-state index is -3.07. The number of alkyl halides is 2. The molecule has 1 unspecified atom stereocenters. The van der Waals surface area contributed by atoms with Crippen LogP contribution >= 0.6 is 0 Å². The van der Waals surface area contributed by atoms with Gasteiger partial charge in [-0.05, 0) is 86.0 Å². The van der Waals surface area contributed by atoms with Crippen molar-refractivity contribution in [3.63, 3.8) is 0 Å². The molecule has 0 bridgehead atoms. The van der Waals surface area contributed by atoms with Crippen LogP contribution in [0.2, 0.25) is 0 Å². The van der Waals surface area contributed by atoms with Gasteiger partial charge >= 0.3 is 5.97 Å². The summed E-state index contributed by atoms with van der Waals surface area (Å²) < 4.78 is 37.3. The zero-order valence-electron chi connectivity index (χ0n) is 19.7. The van der Waals surface area contributed by atoms with E-state index >= 15 is 8.78 Å². The van der Waals surface area contributed by atoms with E-state index in [4.69, 9.17) is 9.84 Å². The van der Waals surface area contributed by atoms with Gasteiger partial charge in [0.25, 0.3) is 5.92 Å². The number of carboxylic acids is 1. The van der Waals surface area contributed by atoms with E-state index in [1.54, 1.807) is 24.3 Å². The molecule has 0 aliphatic heterocycles. The molecule has 1 atom stereocenters. The van der Waals surface area contributed by atoms with Crippen molar-refractivity contribution in [1.82, 2.24) is 5.32 Å². The standard InChI is InChI=1S/C29H31F2NO3/c30-29(31,26-13-6-11-21-8-4-5-12-25(21)26)23-15-17-24(18-16-23)35-27(22-9-2-1-3-10-22)14-7-19-32-20-28(33)34/h1-3,6,9-11,13,15-18,27,32H,4-5,7-8,12,14,19-20H2,(H,33,34). The number of aryl methyl sites for hydroxylation is 1. The third-order valence-electron chi connectivity index (χ3n) is 6.50. The van der Waals surface area contributed by atoms with Gasteiger partial charge in [0.1, 0.15) is 11.9 Å². The molecule has 3 aromatic carbocycles. The van der Waals surface area contributed by atoms with Gasteiger partial charge in [0.05, 0.1) is 6.54 Å². The number of fused-ring (bicyclic) bond motifs is 1. The maximum Gasteiger partial charge on any atom is 0.317 e. The van der Waals surface area contributed by atoms with E-state index in [1.807, 2.05) is 36.4 Å². The Morgan fingerprint density at radius 1 is 0.971 bits per heavy atom. The first-order valence-corrected chi connectivity index (χ1v) is 12.2. The van der Waals surface area contributed by atoms with Crippen LogP contribution in [-0.4, -0.2) is 24.2 Å². The molecule has 0 spiro atoms. The summed E-state index contributed by atoms with van der Waals surface area (Å²) >= 11 is 0. The average Bonchev–Trinajstić information content (AvgIpc) is 2.88. The molecule has 0 amide bonds. The van der Waals surface area contributed by atoms with Crippen molar-refractivity contribution in [2.75, 3.05) is 13.1 Å². The number of nitrogens with one attached hydrogen (secondary N) is 1. The molecule has 0 saturated carbocycles. The molecular weight excluding hydrogens is 448 g/mol. The molecule has 1 aliphatic rings. The Balaban J connectivity index is 1.48. The summed E-state index contributed by atoms with van der Waals surface area (Å²) in [4.78, 5) is 10.7. The van der Waals surface area contributed by atoms with E-state index in [0.717, 1.165) is 36.0 Å². The minimum absolute atomic E-state index is 0.0436. The van der Waals surface area contributed by atoms with Crippen LogP contribution in [0.1, 0.15) is 59.6 Å². The van der Waals surface area contributed by atoms with Crippen LogP contribution in [0.3, 0.4) is 0 Å². The molecule has 0 heterocycles. The van der Waals surface area contributed by atoms with Gasteiger partial charge in [-0.3, -0.25) is 4.79 Å². The molecule has 0 aromatic heterocycles. The molecule has 0 saturated heterocycles. The molecule has 35 heavy (non-hydrogen) atoms. The normalized spacial score (nSPS) is 14.2. The second-order valence-electron chi connectivity index (χ2n) is 8.98. The van der Waals surface area contributed by atoms with Gasteiger partial charge in [-0.1, -0.05) is 48.5 Å². The third kappa shape index (κ3) is 6.25. The van der Waals surface area contributed by atoms with Gasteiger partial charge in [-0.15, -0.1) is 0 Å². The number of rotatable bonds is 11. The van der Waals surface area contributed by atoms with Crippen molar-refractivity contribution in [3.8, 4) is 5.75 Å². The van der Waals surface area contributed by atoms with Crippen LogP contribution in [-0.2, 0) is 23.6 Å². The predicted octanol–water partition coefficient (Wildman–Crippen LogP) is 6.28. The lowest BCUT2D eigenvalue weighted by Crippen LogP contribution is -2.24. The molecule has 4 rings (SSSR count). The van der Waals surface area contributed by atoms with E-state index in [0.29, 0.717) is 31.6 Å². The molecule has 184 valence electrons. The summed E-state index contributed by atoms with van der Waals surface area (Å²) in [5.74, 6) is -3.45. The first-order chi connectivity index (χ1) is 16.9. The van der Waals surface area contributed by atoms with Crippen LogP contribution < -0.4 is 10.1 Å². The van der Waals surface area contributed by atoms with Crippen LogP contribution in [0.25, 0.3) is 0 Å². The number of hydrogen-bond donors (Lipinski definition) is 2. The van der Waals surface area contributed by atoms with Crippen LogP contribution in [0.15, 0.2) is 72.8 Å². The Hall–Kier alpha value is -3.25. The topological polar surface area (TPSA) is 58.6 Å². The van der Waals surface area contributed by atoms with Crippen molar-refractivity contribution >= 4 is 5.97 Å². The maximum absolute atomic E-state index is 15.5. The molecule has 0 radical (unpaired) electrons. The summed E-state index contributed by atoms with van der Waals surface area (Å²) in [5, 5.41) is 11.6. The first kappa shape index (κ1) is 24.9. The van der Waals surface area contributed by atoms with E-state index < -0.39 is 11.9 Å². The fourth-order valence-electron chi connectivity index (χ4n) is 4.71. The number of aliphatic carboxylic acids is 1. The molecule has 2 N–H and O–H groups in total. The quantitative estimate of drug-likeness (QED) is 0.318. The molecule has 4 nitrogen and oxygen atoms in total. The Bertz CT molecular complexity index is 1120. The van der Waals surface area contributed by atoms with E-state index in [9.17, 15) is 4.79 Å². The third-order valence-corrected chi connectivity index (χ3v) is 6.50. The largest absolute Gasteiger partial charge is 0.486 e. The summed E-state index contributed by atoms with van der Waals surface area (Å²) in [6, 6.07) is 21.1. The van der Waals surface area contributed by atoms with Gasteiger partial charge in [0, 0.05) is 11.1 Å². The lowest BCUT2D eigenvalue weighted by atomic mass is 9.85. The van der Waals surface area contributed by atoms with E-state index in [-0.39, 0.29) is 23.8 Å². The SMILES string of the molecule is O=C(O)CNCCCC(Oc1ccc(C(F)(F)c2cccc3c2CCCC3)cc1)c1ccccc1. The fourth-order valence-corrected chi connectivity index (χ4v) is 4.71. The predicted molar refractivity (Wildman–Crippen MR) is 132 cm³/mol. The summed E-state index contributed by atoms with van der Waals surface area (Å²) in [5.41, 5.74) is 2.88. The highest BCUT2D eigenvalue weighted by molar-refractivity contribution is 5.68. The van der Waals surface area contributed by atoms with Gasteiger partial charge in [-0.2, -0.15) is 8.78 Å². The number of halogens is 2. The van der Waals surface area contributed by atoms with Gasteiger partial charge in [0.2, 0.25) is 0 Å². The van der Waals surface area contributed by atoms with E-state index in [2.05, 4.69) is 5.32 Å². The Kier molecular flexibility index (Phi) is 8.13. The summed E-state index contributed by atoms with van der Waals surface area (Å²) in [6.07, 6.45) is 4.65. The molecule has 3 aromatic rings. The lowest BCUT2D eigenvalue weighted by Gasteiger charge is -2.25. The number of ether oxygens (including phenoxy) is 1. The molecule has 0 fully saturated rings. The smallest absolute Gasteiger partial charge is 0.317 e. The van der Waals surface area contributed by atoms with Crippen LogP contribution in [0.5, 0.6) is 5.75 Å². The Morgan fingerprint density at radius 2 is 1.71 bits per heavy atom. The number of carbonyl (C=O) groups is 1. The van der Waals surface area contributed by atoms with Crippen molar-refractivity contribution in [3.05, 3.63) is 101 Å². The highest BCUT2D eigenvalue weighted by Crippen LogP contribution is 2.41. The monoisotopic (exact) mass is 479 g/mol. The van der Waals surface area contributed by atoms with Crippen LogP contribution in [0, 0.1) is 0 Å². The van der Waals surface area contributed by atoms with Crippen molar-refractivity contribution in [2.24, 2.45) is 0 Å². The average molecular weight is 480 g/mol. The molecular formula is C29H31F2NO3. The number of benzene rings is 3. The van der Waals surface area contributed by atoms with Crippen molar-refractivity contribution in [1.29, 1.82) is 0 Å². The molecule has 1 aliphatic carbocycles. The molecule has 6 heteroatoms. The van der Waals surface area contributed by atoms with Crippen molar-refractivity contribution < 1.29 is 23.4 Å². The van der Waals surface area contributed by atoms with Crippen molar-refractivity contribution in [2.45, 2.75) is 50.6 Å². The number of carboxylic acid groups (broad SMARTS) is 1. The summed E-state index contributed by atoms with van der Waals surface area (Å²) in [6.45, 7) is 0.461. The fraction of sp³-hybridized carbons (Fsp3) is 0.345. The Labute approximate surface area is 205 Å². The summed E-state index contributed by atoms with van der Waals surface area (Å²) in [7, 11) is 0. The Morgan fingerprint density at radius 3 is 2.46 bits per heavy atom. The second kappa shape index (κ2) is 11.5. The van der Waals surface area contributed by atoms with Crippen LogP contribution in [0.4, 0.5) is 8.78 Å². The zero-order valence-corrected chi connectivity index (χ0v) is 19.7. The van der Waals surface area contributed by atoms with Gasteiger partial charge in [-0.25, -0.2) is 0 Å². The van der Waals surface area contributed by atoms with Gasteiger partial charge in [0.15, 0.2) is 0 Å².